The number of thiophene rings is 1. The fraction of sp³-hybridized carbons (Fsp3) is 0.231. The number of aromatic nitrogens is 4. The number of hydrogen-bond donors (Lipinski definition) is 1. The van der Waals surface area contributed by atoms with Gasteiger partial charge in [0, 0.05) is 32.2 Å². The third-order valence-electron chi connectivity index (χ3n) is 3.23. The first-order chi connectivity index (χ1) is 10.6. The molecule has 3 rings (SSSR count). The molecule has 0 fully saturated rings. The minimum Gasteiger partial charge on any atom is -0.274 e. The minimum absolute atomic E-state index is 0.152. The summed E-state index contributed by atoms with van der Waals surface area (Å²) in [7, 11) is -1.91. The first-order valence-corrected chi connectivity index (χ1v) is 8.98. The van der Waals surface area contributed by atoms with Gasteiger partial charge in [0.15, 0.2) is 0 Å². The molecular formula is C13H15N5O2S2. The molecule has 0 spiro atoms. The second-order valence-electron chi connectivity index (χ2n) is 4.76. The van der Waals surface area contributed by atoms with E-state index >= 15 is 0 Å². The molecule has 0 saturated carbocycles. The fourth-order valence-electron chi connectivity index (χ4n) is 2.10. The van der Waals surface area contributed by atoms with E-state index in [0.717, 1.165) is 5.56 Å². The Bertz CT molecular complexity index is 788. The molecule has 1 atom stereocenters. The van der Waals surface area contributed by atoms with Crippen LogP contribution in [0.4, 0.5) is 0 Å². The molecule has 0 radical (unpaired) electrons. The first-order valence-electron chi connectivity index (χ1n) is 6.56. The zero-order valence-corrected chi connectivity index (χ0v) is 13.5. The number of aryl methyl sites for hydroxylation is 1. The van der Waals surface area contributed by atoms with Crippen LogP contribution in [-0.4, -0.2) is 34.5 Å². The fourth-order valence-corrected chi connectivity index (χ4v) is 3.83. The maximum atomic E-state index is 12.3. The third kappa shape index (κ3) is 3.11. The van der Waals surface area contributed by atoms with Crippen LogP contribution in [0.5, 0.6) is 0 Å². The van der Waals surface area contributed by atoms with Gasteiger partial charge in [-0.2, -0.15) is 21.5 Å². The summed E-state index contributed by atoms with van der Waals surface area (Å²) in [6.45, 7) is 0.218. The number of nitrogens with zero attached hydrogens (tertiary/aromatic N) is 4. The van der Waals surface area contributed by atoms with Crippen molar-refractivity contribution < 1.29 is 8.42 Å². The summed E-state index contributed by atoms with van der Waals surface area (Å²) in [5, 5.41) is 12.1. The van der Waals surface area contributed by atoms with Gasteiger partial charge >= 0.3 is 0 Å². The molecule has 3 aromatic heterocycles. The van der Waals surface area contributed by atoms with Crippen LogP contribution >= 0.6 is 11.3 Å². The summed E-state index contributed by atoms with van der Waals surface area (Å²) < 4.78 is 30.4. The molecule has 0 unspecified atom stereocenters. The second-order valence-corrected chi connectivity index (χ2v) is 7.31. The molecule has 116 valence electrons. The van der Waals surface area contributed by atoms with E-state index in [1.54, 1.807) is 29.3 Å². The average molecular weight is 337 g/mol. The molecule has 22 heavy (non-hydrogen) atoms. The van der Waals surface area contributed by atoms with Crippen LogP contribution in [0.25, 0.3) is 0 Å². The normalized spacial score (nSPS) is 13.3. The minimum atomic E-state index is -3.59. The molecule has 0 saturated heterocycles. The smallest absolute Gasteiger partial charge is 0.243 e. The van der Waals surface area contributed by atoms with Crippen molar-refractivity contribution >= 4 is 21.4 Å². The van der Waals surface area contributed by atoms with Gasteiger partial charge in [-0.15, -0.1) is 0 Å². The molecule has 0 aliphatic carbocycles. The van der Waals surface area contributed by atoms with Gasteiger partial charge in [0.25, 0.3) is 0 Å². The molecule has 0 amide bonds. The zero-order valence-electron chi connectivity index (χ0n) is 11.8. The van der Waals surface area contributed by atoms with Crippen molar-refractivity contribution in [1.29, 1.82) is 0 Å². The highest BCUT2D eigenvalue weighted by Gasteiger charge is 2.21. The third-order valence-corrected chi connectivity index (χ3v) is 5.31. The molecule has 0 aliphatic rings. The number of sulfonamides is 1. The Labute approximate surface area is 132 Å². The highest BCUT2D eigenvalue weighted by Crippen LogP contribution is 2.20. The van der Waals surface area contributed by atoms with Gasteiger partial charge in [-0.05, 0) is 28.5 Å². The number of hydrogen-bond acceptors (Lipinski definition) is 5. The van der Waals surface area contributed by atoms with Crippen LogP contribution in [0.2, 0.25) is 0 Å². The summed E-state index contributed by atoms with van der Waals surface area (Å²) in [5.41, 5.74) is 1.02. The summed E-state index contributed by atoms with van der Waals surface area (Å²) in [6, 6.07) is 3.59. The molecule has 9 heteroatoms. The average Bonchev–Trinajstić information content (AvgIpc) is 3.20. The Morgan fingerprint density at radius 3 is 2.86 bits per heavy atom. The summed E-state index contributed by atoms with van der Waals surface area (Å²) in [5.74, 6) is 0. The highest BCUT2D eigenvalue weighted by atomic mass is 32.2. The van der Waals surface area contributed by atoms with Crippen LogP contribution in [-0.2, 0) is 17.1 Å². The quantitative estimate of drug-likeness (QED) is 0.734. The van der Waals surface area contributed by atoms with E-state index in [0.29, 0.717) is 0 Å². The van der Waals surface area contributed by atoms with Crippen molar-refractivity contribution in [2.75, 3.05) is 6.54 Å². The molecule has 7 nitrogen and oxygen atoms in total. The maximum absolute atomic E-state index is 12.3. The Kier molecular flexibility index (Phi) is 4.10. The van der Waals surface area contributed by atoms with Gasteiger partial charge in [0.1, 0.15) is 4.90 Å². The van der Waals surface area contributed by atoms with Crippen molar-refractivity contribution in [3.63, 3.8) is 0 Å². The Hall–Kier alpha value is -1.97. The lowest BCUT2D eigenvalue weighted by molar-refractivity contribution is 0.506. The Morgan fingerprint density at radius 1 is 1.41 bits per heavy atom. The zero-order chi connectivity index (χ0) is 15.6. The molecule has 0 aromatic carbocycles. The summed E-state index contributed by atoms with van der Waals surface area (Å²) >= 11 is 1.57. The van der Waals surface area contributed by atoms with Crippen LogP contribution < -0.4 is 4.72 Å². The topological polar surface area (TPSA) is 81.8 Å². The Morgan fingerprint density at radius 2 is 2.27 bits per heavy atom. The van der Waals surface area contributed by atoms with Crippen LogP contribution in [0.15, 0.2) is 52.6 Å². The molecular weight excluding hydrogens is 322 g/mol. The van der Waals surface area contributed by atoms with Crippen molar-refractivity contribution in [2.45, 2.75) is 10.9 Å². The SMILES string of the molecule is Cn1cc(S(=O)(=O)NC[C@@H](c2ccsc2)n2cccn2)cn1. The monoisotopic (exact) mass is 337 g/mol. The Balaban J connectivity index is 1.80. The van der Waals surface area contributed by atoms with Crippen LogP contribution in [0.1, 0.15) is 11.6 Å². The molecule has 3 aromatic rings. The van der Waals surface area contributed by atoms with Gasteiger partial charge in [0.2, 0.25) is 10.0 Å². The molecule has 1 N–H and O–H groups in total. The summed E-state index contributed by atoms with van der Waals surface area (Å²) in [4.78, 5) is 0.152. The van der Waals surface area contributed by atoms with Crippen molar-refractivity contribution in [1.82, 2.24) is 24.3 Å². The lowest BCUT2D eigenvalue weighted by Gasteiger charge is -2.17. The van der Waals surface area contributed by atoms with E-state index in [2.05, 4.69) is 14.9 Å². The molecule has 0 aliphatic heterocycles. The van der Waals surface area contributed by atoms with E-state index < -0.39 is 10.0 Å². The molecule has 0 bridgehead atoms. The summed E-state index contributed by atoms with van der Waals surface area (Å²) in [6.07, 6.45) is 6.29. The van der Waals surface area contributed by atoms with Crippen molar-refractivity contribution in [3.05, 3.63) is 53.2 Å². The predicted molar refractivity (Wildman–Crippen MR) is 83.1 cm³/mol. The van der Waals surface area contributed by atoms with E-state index in [1.165, 1.54) is 17.1 Å². The lowest BCUT2D eigenvalue weighted by Crippen LogP contribution is -2.31. The maximum Gasteiger partial charge on any atom is 0.243 e. The predicted octanol–water partition coefficient (Wildman–Crippen LogP) is 1.25. The van der Waals surface area contributed by atoms with Crippen LogP contribution in [0.3, 0.4) is 0 Å². The largest absolute Gasteiger partial charge is 0.274 e. The lowest BCUT2D eigenvalue weighted by atomic mass is 10.1. The van der Waals surface area contributed by atoms with Gasteiger partial charge in [-0.1, -0.05) is 0 Å². The number of rotatable bonds is 6. The van der Waals surface area contributed by atoms with Gasteiger partial charge < -0.3 is 0 Å². The van der Waals surface area contributed by atoms with E-state index in [1.807, 2.05) is 29.1 Å². The van der Waals surface area contributed by atoms with Gasteiger partial charge in [0.05, 0.1) is 12.2 Å². The van der Waals surface area contributed by atoms with Gasteiger partial charge in [-0.3, -0.25) is 9.36 Å². The van der Waals surface area contributed by atoms with E-state index in [9.17, 15) is 8.42 Å². The van der Waals surface area contributed by atoms with E-state index in [4.69, 9.17) is 0 Å². The first kappa shape index (κ1) is 14.9. The van der Waals surface area contributed by atoms with Crippen molar-refractivity contribution in [2.24, 2.45) is 7.05 Å². The second kappa shape index (κ2) is 6.03. The van der Waals surface area contributed by atoms with Crippen molar-refractivity contribution in [3.8, 4) is 0 Å². The standard InChI is InChI=1S/C13H15N5O2S2/c1-17-9-12(7-15-17)22(19,20)16-8-13(11-3-6-21-10-11)18-5-2-4-14-18/h2-7,9-10,13,16H,8H2,1H3/t13-/m0/s1. The molecule has 3 heterocycles. The van der Waals surface area contributed by atoms with Crippen LogP contribution in [0, 0.1) is 0 Å². The van der Waals surface area contributed by atoms with Gasteiger partial charge in [-0.25, -0.2) is 13.1 Å². The van der Waals surface area contributed by atoms with E-state index in [-0.39, 0.29) is 17.5 Å². The number of nitrogens with one attached hydrogen (secondary N) is 1. The highest BCUT2D eigenvalue weighted by molar-refractivity contribution is 7.89.